The third kappa shape index (κ3) is 4.33. The first-order chi connectivity index (χ1) is 26.5. The average molecular weight is 803 g/mol. The van der Waals surface area contributed by atoms with E-state index < -0.39 is 142 Å². The minimum Gasteiger partial charge on any atom is -0.472 e. The van der Waals surface area contributed by atoms with Crippen LogP contribution in [0.1, 0.15) is 99.7 Å². The Morgan fingerprint density at radius 3 is 2.16 bits per heavy atom. The summed E-state index contributed by atoms with van der Waals surface area (Å²) in [7, 11) is 0. The summed E-state index contributed by atoms with van der Waals surface area (Å²) in [5.74, 6) is -9.45. The van der Waals surface area contributed by atoms with E-state index in [1.165, 1.54) is 19.5 Å². The molecule has 0 amide bonds. The predicted molar refractivity (Wildman–Crippen MR) is 186 cm³/mol. The van der Waals surface area contributed by atoms with Crippen LogP contribution in [0.2, 0.25) is 0 Å². The fraction of sp³-hybridized carbons (Fsp3) is 0.750. The first kappa shape index (κ1) is 39.8. The molecule has 0 unspecified atom stereocenters. The molecule has 3 aliphatic heterocycles. The van der Waals surface area contributed by atoms with Crippen LogP contribution >= 0.6 is 0 Å². The van der Waals surface area contributed by atoms with Crippen LogP contribution in [0.15, 0.2) is 23.0 Å². The number of carbonyl (C=O) groups excluding carboxylic acids is 6. The van der Waals surface area contributed by atoms with E-state index in [1.807, 2.05) is 0 Å². The normalized spacial score (nSPS) is 47.3. The summed E-state index contributed by atoms with van der Waals surface area (Å²) in [6.07, 6.45) is -6.23. The van der Waals surface area contributed by atoms with Crippen molar-refractivity contribution in [1.82, 2.24) is 0 Å². The number of carbonyl (C=O) groups is 6. The maximum Gasteiger partial charge on any atom is 0.308 e. The van der Waals surface area contributed by atoms with E-state index in [0.29, 0.717) is 5.56 Å². The predicted octanol–water partition coefficient (Wildman–Crippen LogP) is 2.37. The zero-order valence-corrected chi connectivity index (χ0v) is 33.4. The molecule has 4 bridgehead atoms. The van der Waals surface area contributed by atoms with Crippen molar-refractivity contribution in [3.63, 3.8) is 0 Å². The average Bonchev–Trinajstić information content (AvgIpc) is 3.92. The Morgan fingerprint density at radius 1 is 0.930 bits per heavy atom. The molecule has 0 aromatic carbocycles. The van der Waals surface area contributed by atoms with Crippen LogP contribution in [0.25, 0.3) is 0 Å². The van der Waals surface area contributed by atoms with Crippen LogP contribution in [0.3, 0.4) is 0 Å². The highest BCUT2D eigenvalue weighted by molar-refractivity contribution is 5.76. The van der Waals surface area contributed by atoms with Crippen molar-refractivity contribution in [1.29, 1.82) is 0 Å². The summed E-state index contributed by atoms with van der Waals surface area (Å²) in [6, 6.07) is 1.55. The van der Waals surface area contributed by atoms with Crippen LogP contribution in [-0.4, -0.2) is 105 Å². The lowest BCUT2D eigenvalue weighted by Gasteiger charge is -2.77. The highest BCUT2D eigenvalue weighted by Crippen LogP contribution is 2.88. The molecule has 8 rings (SSSR count). The van der Waals surface area contributed by atoms with Crippen molar-refractivity contribution >= 4 is 35.8 Å². The summed E-state index contributed by atoms with van der Waals surface area (Å²) in [6.45, 7) is 12.1. The summed E-state index contributed by atoms with van der Waals surface area (Å²) >= 11 is 0. The molecule has 4 saturated carbocycles. The highest BCUT2D eigenvalue weighted by atomic mass is 16.8. The fourth-order valence-electron chi connectivity index (χ4n) is 13.3. The van der Waals surface area contributed by atoms with E-state index in [1.54, 1.807) is 40.7 Å². The van der Waals surface area contributed by atoms with Crippen LogP contribution < -0.4 is 0 Å². The number of furan rings is 1. The molecule has 1 aromatic rings. The Morgan fingerprint density at radius 2 is 1.60 bits per heavy atom. The molecule has 1 aromatic heterocycles. The number of hydrogen-bond donors (Lipinski definition) is 2. The molecule has 17 nitrogen and oxygen atoms in total. The van der Waals surface area contributed by atoms with Crippen molar-refractivity contribution in [3.05, 3.63) is 24.2 Å². The van der Waals surface area contributed by atoms with Crippen molar-refractivity contribution in [2.24, 2.45) is 34.0 Å². The molecule has 3 saturated heterocycles. The van der Waals surface area contributed by atoms with E-state index in [2.05, 4.69) is 0 Å². The number of ether oxygens (including phenoxy) is 8. The van der Waals surface area contributed by atoms with Gasteiger partial charge >= 0.3 is 35.8 Å². The van der Waals surface area contributed by atoms with Crippen molar-refractivity contribution in [2.45, 2.75) is 147 Å². The number of fused-ring (bicyclic) bond motifs is 4. The third-order valence-electron chi connectivity index (χ3n) is 14.9. The zero-order chi connectivity index (χ0) is 41.7. The fourth-order valence-corrected chi connectivity index (χ4v) is 13.3. The lowest BCUT2D eigenvalue weighted by molar-refractivity contribution is -0.449. The molecule has 7 fully saturated rings. The Bertz CT molecular complexity index is 1950. The summed E-state index contributed by atoms with van der Waals surface area (Å²) in [5.41, 5.74) is -14.9. The van der Waals surface area contributed by atoms with Crippen molar-refractivity contribution in [3.8, 4) is 0 Å². The van der Waals surface area contributed by atoms with Gasteiger partial charge in [0.25, 0.3) is 0 Å². The Labute approximate surface area is 328 Å². The van der Waals surface area contributed by atoms with Gasteiger partial charge in [-0.05, 0) is 24.8 Å². The van der Waals surface area contributed by atoms with Gasteiger partial charge in [-0.1, -0.05) is 34.6 Å². The van der Waals surface area contributed by atoms with E-state index in [0.717, 1.165) is 20.8 Å². The van der Waals surface area contributed by atoms with Gasteiger partial charge in [-0.25, -0.2) is 0 Å². The standard InChI is InChI=1S/C40H50O17/c1-10-35-14-25-34(9,27(51-19(4)41)23-11-12-49-15-23)28(52-20(5)42)29(53-21(6)43)40(48)36-17-50-26(45)13-24(36)33(8)16-37(36,47)39(55-22(7)44,31(33)54-30(46)18(2)3)32(56-35)38(25,40)57-35/h11-12,15,18,24-25,27-29,31-32,47-48H,10,13-14,16-17H2,1-9H3/t24-,25+,27-,28-,29+,31-,32-,33+,34+,35-,36+,37+,38+,39-,40-/m0/s1. The van der Waals surface area contributed by atoms with E-state index >= 15 is 0 Å². The number of aliphatic hydroxyl groups is 2. The van der Waals surface area contributed by atoms with Gasteiger partial charge in [0.15, 0.2) is 24.1 Å². The second-order valence-electron chi connectivity index (χ2n) is 17.9. The van der Waals surface area contributed by atoms with Gasteiger partial charge in [-0.15, -0.1) is 0 Å². The summed E-state index contributed by atoms with van der Waals surface area (Å²) in [5, 5.41) is 28.5. The number of rotatable bonds is 9. The third-order valence-corrected chi connectivity index (χ3v) is 14.9. The molecule has 7 aliphatic rings. The van der Waals surface area contributed by atoms with Gasteiger partial charge in [-0.2, -0.15) is 0 Å². The topological polar surface area (TPSA) is 230 Å². The minimum atomic E-state index is -2.72. The molecule has 17 heteroatoms. The lowest BCUT2D eigenvalue weighted by Crippen LogP contribution is -2.98. The second kappa shape index (κ2) is 12.0. The highest BCUT2D eigenvalue weighted by Gasteiger charge is 3.05. The summed E-state index contributed by atoms with van der Waals surface area (Å²) in [4.78, 5) is 80.9. The van der Waals surface area contributed by atoms with E-state index in [9.17, 15) is 39.0 Å². The Balaban J connectivity index is 1.54. The molecule has 312 valence electrons. The summed E-state index contributed by atoms with van der Waals surface area (Å²) < 4.78 is 56.9. The molecule has 0 radical (unpaired) electrons. The number of esters is 6. The second-order valence-corrected chi connectivity index (χ2v) is 17.9. The van der Waals surface area contributed by atoms with Crippen molar-refractivity contribution in [2.75, 3.05) is 6.61 Å². The van der Waals surface area contributed by atoms with Crippen molar-refractivity contribution < 1.29 is 81.3 Å². The van der Waals surface area contributed by atoms with E-state index in [-0.39, 0.29) is 19.3 Å². The van der Waals surface area contributed by atoms with Gasteiger partial charge in [0, 0.05) is 57.4 Å². The minimum absolute atomic E-state index is 0.0676. The van der Waals surface area contributed by atoms with Gasteiger partial charge < -0.3 is 52.5 Å². The van der Waals surface area contributed by atoms with Gasteiger partial charge in [-0.3, -0.25) is 28.8 Å². The van der Waals surface area contributed by atoms with Gasteiger partial charge in [0.1, 0.15) is 35.6 Å². The molecule has 57 heavy (non-hydrogen) atoms. The first-order valence-corrected chi connectivity index (χ1v) is 19.4. The van der Waals surface area contributed by atoms with Crippen LogP contribution in [-0.2, 0) is 66.7 Å². The zero-order valence-electron chi connectivity index (χ0n) is 33.4. The molecule has 4 aliphatic carbocycles. The molecule has 15 atom stereocenters. The first-order valence-electron chi connectivity index (χ1n) is 19.4. The quantitative estimate of drug-likeness (QED) is 0.270. The number of cyclic esters (lactones) is 1. The SMILES string of the molecule is CC[C@@]12C[C@@H]3[C@](C)([C@@H](OC(C)=O)c4ccoc4)[C@@H](OC(C)=O)[C@@H](OC(C)=O)[C@@]4(O)[C@]3(O1)[C@H](O2)[C@@]1(OC(C)=O)[C@@H](OC(=O)C(C)C)[C@]2(C)C[C@@]1(O)[C@]41COC(=O)C[C@@H]21. The Hall–Kier alpha value is -4.06. The molecular weight excluding hydrogens is 752 g/mol. The number of hydrogen-bond acceptors (Lipinski definition) is 17. The Kier molecular flexibility index (Phi) is 8.37. The monoisotopic (exact) mass is 802 g/mol. The maximum absolute atomic E-state index is 14.5. The lowest BCUT2D eigenvalue weighted by atomic mass is 9.32. The molecule has 2 N–H and O–H groups in total. The van der Waals surface area contributed by atoms with Gasteiger partial charge in [0.2, 0.25) is 5.60 Å². The van der Waals surface area contributed by atoms with E-state index in [4.69, 9.17) is 42.3 Å². The molecular formula is C40H50O17. The van der Waals surface area contributed by atoms with Crippen LogP contribution in [0.4, 0.5) is 0 Å². The van der Waals surface area contributed by atoms with Crippen LogP contribution in [0, 0.1) is 34.0 Å². The maximum atomic E-state index is 14.5. The molecule has 4 heterocycles. The smallest absolute Gasteiger partial charge is 0.308 e. The van der Waals surface area contributed by atoms with Crippen LogP contribution in [0.5, 0.6) is 0 Å². The molecule has 2 spiro atoms. The van der Waals surface area contributed by atoms with Gasteiger partial charge in [0.05, 0.1) is 29.3 Å². The largest absolute Gasteiger partial charge is 0.472 e.